The van der Waals surface area contributed by atoms with E-state index in [-0.39, 0.29) is 11.8 Å². The highest BCUT2D eigenvalue weighted by Gasteiger charge is 2.20. The van der Waals surface area contributed by atoms with E-state index in [0.29, 0.717) is 11.3 Å². The van der Waals surface area contributed by atoms with Crippen molar-refractivity contribution in [2.24, 2.45) is 0 Å². The molecule has 0 bridgehead atoms. The second-order valence-electron chi connectivity index (χ2n) is 5.01. The molecule has 1 N–H and O–H groups in total. The van der Waals surface area contributed by atoms with Gasteiger partial charge in [0, 0.05) is 13.2 Å². The zero-order valence-electron chi connectivity index (χ0n) is 13.9. The van der Waals surface area contributed by atoms with Crippen LogP contribution in [0.5, 0.6) is 0 Å². The van der Waals surface area contributed by atoms with E-state index in [4.69, 9.17) is 9.47 Å². The molecule has 24 heavy (non-hydrogen) atoms. The topological polar surface area (TPSA) is 90.7 Å². The minimum atomic E-state index is -0.603. The van der Waals surface area contributed by atoms with E-state index in [9.17, 15) is 14.9 Å². The van der Waals surface area contributed by atoms with Gasteiger partial charge in [-0.15, -0.1) is 0 Å². The number of ether oxygens (including phenoxy) is 2. The van der Waals surface area contributed by atoms with Gasteiger partial charge >= 0.3 is 5.97 Å². The van der Waals surface area contributed by atoms with Crippen molar-refractivity contribution in [1.82, 2.24) is 4.72 Å². The van der Waals surface area contributed by atoms with Crippen LogP contribution >= 0.6 is 11.9 Å². The normalized spacial score (nSPS) is 13.6. The summed E-state index contributed by atoms with van der Waals surface area (Å²) in [5.74, 6) is -0.425. The van der Waals surface area contributed by atoms with Gasteiger partial charge in [-0.2, -0.15) is 0 Å². The number of benzene rings is 1. The fraction of sp³-hybridized carbons (Fsp3) is 0.438. The summed E-state index contributed by atoms with van der Waals surface area (Å²) < 4.78 is 12.9. The molecule has 0 aromatic heterocycles. The van der Waals surface area contributed by atoms with Gasteiger partial charge in [-0.1, -0.05) is 24.3 Å². The lowest BCUT2D eigenvalue weighted by Crippen LogP contribution is -2.33. The molecule has 0 spiro atoms. The van der Waals surface area contributed by atoms with Gasteiger partial charge < -0.3 is 9.47 Å². The molecule has 0 radical (unpaired) electrons. The maximum Gasteiger partial charge on any atom is 0.324 e. The summed E-state index contributed by atoms with van der Waals surface area (Å²) in [7, 11) is 2.95. The fourth-order valence-corrected chi connectivity index (χ4v) is 2.64. The number of carbonyl (C=O) groups is 1. The summed E-state index contributed by atoms with van der Waals surface area (Å²) in [6.45, 7) is 1.95. The molecular formula is C16H22N2O5S. The van der Waals surface area contributed by atoms with Crippen molar-refractivity contribution >= 4 is 23.6 Å². The van der Waals surface area contributed by atoms with Crippen molar-refractivity contribution in [1.29, 1.82) is 0 Å². The van der Waals surface area contributed by atoms with Crippen LogP contribution in [-0.4, -0.2) is 37.3 Å². The third kappa shape index (κ3) is 6.69. The summed E-state index contributed by atoms with van der Waals surface area (Å²) >= 11 is 1.04. The number of rotatable bonds is 10. The van der Waals surface area contributed by atoms with E-state index in [2.05, 4.69) is 4.72 Å². The standard InChI is InChI=1S/C16H22N2O5S/c1-12(22-2)8-4-5-9-13(16(19)23-3)17-24-15-11-7-6-10-14(15)18(20)21/h4-7,10-13,17H,8-9H2,1-3H3/b5-4+/t12-,13-/m0/s1. The maximum absolute atomic E-state index is 11.8. The van der Waals surface area contributed by atoms with Crippen molar-refractivity contribution in [2.45, 2.75) is 36.8 Å². The number of nitro benzene ring substituents is 1. The number of nitro groups is 1. The largest absolute Gasteiger partial charge is 0.468 e. The second kappa shape index (κ2) is 10.8. The monoisotopic (exact) mass is 354 g/mol. The summed E-state index contributed by atoms with van der Waals surface area (Å²) in [6, 6.07) is 5.74. The number of nitrogens with one attached hydrogen (secondary N) is 1. The lowest BCUT2D eigenvalue weighted by atomic mass is 10.2. The predicted molar refractivity (Wildman–Crippen MR) is 92.7 cm³/mol. The number of nitrogens with zero attached hydrogens (tertiary/aromatic N) is 1. The minimum Gasteiger partial charge on any atom is -0.468 e. The van der Waals surface area contributed by atoms with E-state index in [1.54, 1.807) is 25.3 Å². The molecule has 0 unspecified atom stereocenters. The summed E-state index contributed by atoms with van der Waals surface area (Å²) in [5, 5.41) is 11.0. The third-order valence-corrected chi connectivity index (χ3v) is 4.24. The summed E-state index contributed by atoms with van der Waals surface area (Å²) in [5.41, 5.74) is -0.0110. The first-order valence-corrected chi connectivity index (χ1v) is 8.22. The van der Waals surface area contributed by atoms with Gasteiger partial charge in [0.05, 0.1) is 18.1 Å². The van der Waals surface area contributed by atoms with Crippen LogP contribution in [0.15, 0.2) is 41.3 Å². The maximum atomic E-state index is 11.8. The molecule has 0 aliphatic rings. The highest BCUT2D eigenvalue weighted by molar-refractivity contribution is 7.97. The van der Waals surface area contributed by atoms with Gasteiger partial charge in [0.25, 0.3) is 5.69 Å². The molecule has 0 aliphatic carbocycles. The predicted octanol–water partition coefficient (Wildman–Crippen LogP) is 3.10. The molecule has 8 heteroatoms. The molecule has 1 aromatic carbocycles. The van der Waals surface area contributed by atoms with Crippen LogP contribution in [0, 0.1) is 10.1 Å². The fourth-order valence-electron chi connectivity index (χ4n) is 1.78. The SMILES string of the molecule is COC(=O)[C@H](C/C=C/C[C@H](C)OC)NSc1ccccc1[N+](=O)[O-]. The van der Waals surface area contributed by atoms with Crippen LogP contribution in [-0.2, 0) is 14.3 Å². The Morgan fingerprint density at radius 3 is 2.62 bits per heavy atom. The summed E-state index contributed by atoms with van der Waals surface area (Å²) in [4.78, 5) is 22.8. The van der Waals surface area contributed by atoms with Gasteiger partial charge in [0.15, 0.2) is 0 Å². The molecule has 2 atom stereocenters. The highest BCUT2D eigenvalue weighted by atomic mass is 32.2. The number of carbonyl (C=O) groups excluding carboxylic acids is 1. The zero-order valence-corrected chi connectivity index (χ0v) is 14.7. The Bertz CT molecular complexity index is 579. The Balaban J connectivity index is 2.67. The number of esters is 1. The van der Waals surface area contributed by atoms with Crippen molar-refractivity contribution in [3.63, 3.8) is 0 Å². The Hall–Kier alpha value is -1.90. The molecule has 1 aromatic rings. The van der Waals surface area contributed by atoms with Crippen molar-refractivity contribution in [2.75, 3.05) is 14.2 Å². The summed E-state index contributed by atoms with van der Waals surface area (Å²) in [6.07, 6.45) is 5.05. The van der Waals surface area contributed by atoms with Crippen LogP contribution < -0.4 is 4.72 Å². The average molecular weight is 354 g/mol. The lowest BCUT2D eigenvalue weighted by molar-refractivity contribution is -0.387. The second-order valence-corrected chi connectivity index (χ2v) is 5.89. The molecule has 132 valence electrons. The van der Waals surface area contributed by atoms with E-state index < -0.39 is 16.9 Å². The van der Waals surface area contributed by atoms with Gasteiger partial charge in [-0.3, -0.25) is 14.9 Å². The van der Waals surface area contributed by atoms with E-state index in [1.807, 2.05) is 19.1 Å². The number of para-hydroxylation sites is 1. The number of methoxy groups -OCH3 is 2. The number of hydrogen-bond acceptors (Lipinski definition) is 7. The Labute approximate surface area is 145 Å². The van der Waals surface area contributed by atoms with Crippen LogP contribution in [0.1, 0.15) is 19.8 Å². The quantitative estimate of drug-likeness (QED) is 0.227. The van der Waals surface area contributed by atoms with Crippen LogP contribution in [0.25, 0.3) is 0 Å². The Morgan fingerprint density at radius 1 is 1.33 bits per heavy atom. The molecular weight excluding hydrogens is 332 g/mol. The van der Waals surface area contributed by atoms with Gasteiger partial charge in [-0.25, -0.2) is 4.72 Å². The highest BCUT2D eigenvalue weighted by Crippen LogP contribution is 2.27. The van der Waals surface area contributed by atoms with Crippen LogP contribution in [0.3, 0.4) is 0 Å². The van der Waals surface area contributed by atoms with E-state index in [0.717, 1.165) is 18.4 Å². The first-order valence-electron chi connectivity index (χ1n) is 7.41. The Kier molecular flexibility index (Phi) is 9.06. The number of hydrogen-bond donors (Lipinski definition) is 1. The lowest BCUT2D eigenvalue weighted by Gasteiger charge is -2.14. The third-order valence-electron chi connectivity index (χ3n) is 3.27. The average Bonchev–Trinajstić information content (AvgIpc) is 2.60. The van der Waals surface area contributed by atoms with Crippen LogP contribution in [0.4, 0.5) is 5.69 Å². The smallest absolute Gasteiger partial charge is 0.324 e. The van der Waals surface area contributed by atoms with Crippen molar-refractivity contribution in [3.8, 4) is 0 Å². The van der Waals surface area contributed by atoms with Gasteiger partial charge in [-0.05, 0) is 37.8 Å². The zero-order chi connectivity index (χ0) is 17.9. The molecule has 0 fully saturated rings. The molecule has 0 amide bonds. The Morgan fingerprint density at radius 2 is 2.00 bits per heavy atom. The van der Waals surface area contributed by atoms with E-state index in [1.165, 1.54) is 13.2 Å². The molecule has 7 nitrogen and oxygen atoms in total. The molecule has 0 saturated carbocycles. The molecule has 0 saturated heterocycles. The molecule has 0 aliphatic heterocycles. The van der Waals surface area contributed by atoms with Gasteiger partial charge in [0.1, 0.15) is 10.9 Å². The first-order chi connectivity index (χ1) is 11.5. The molecule has 1 rings (SSSR count). The molecule has 0 heterocycles. The van der Waals surface area contributed by atoms with Crippen molar-refractivity contribution in [3.05, 3.63) is 46.5 Å². The van der Waals surface area contributed by atoms with E-state index >= 15 is 0 Å². The first kappa shape index (κ1) is 20.1. The minimum absolute atomic E-state index is 0.0110. The van der Waals surface area contributed by atoms with Gasteiger partial charge in [0.2, 0.25) is 0 Å². The van der Waals surface area contributed by atoms with Crippen LogP contribution in [0.2, 0.25) is 0 Å². The van der Waals surface area contributed by atoms with Crippen molar-refractivity contribution < 1.29 is 19.2 Å².